The third-order valence-corrected chi connectivity index (χ3v) is 3.23. The molecule has 4 heteroatoms. The molecule has 0 saturated carbocycles. The molecule has 1 unspecified atom stereocenters. The minimum Gasteiger partial charge on any atom is -0.381 e. The van der Waals surface area contributed by atoms with Gasteiger partial charge in [-0.25, -0.2) is 0 Å². The van der Waals surface area contributed by atoms with Crippen molar-refractivity contribution in [2.24, 2.45) is 5.41 Å². The van der Waals surface area contributed by atoms with Crippen molar-refractivity contribution in [1.29, 1.82) is 0 Å². The number of rotatable bonds is 2. The molecule has 0 radical (unpaired) electrons. The molecular weight excluding hydrogens is 194 g/mol. The Bertz CT molecular complexity index is 282. The molecule has 0 aromatic carbocycles. The lowest BCUT2D eigenvalue weighted by molar-refractivity contribution is -0.140. The largest absolute Gasteiger partial charge is 0.381 e. The fraction of sp³-hybridized carbons (Fsp3) is 0.818. The topological polar surface area (TPSA) is 46.6 Å². The molecule has 84 valence electrons. The molecule has 0 spiro atoms. The standard InChI is InChI=1S/C11H17NO3/c1-11(3-5-15-8-11)7-12-4-2-9(13)6-10(12)14/h2-8H2,1H3. The van der Waals surface area contributed by atoms with Gasteiger partial charge in [0.05, 0.1) is 13.0 Å². The molecule has 2 fully saturated rings. The summed E-state index contributed by atoms with van der Waals surface area (Å²) in [5.41, 5.74) is 0.0933. The average Bonchev–Trinajstić information content (AvgIpc) is 2.58. The summed E-state index contributed by atoms with van der Waals surface area (Å²) < 4.78 is 5.35. The van der Waals surface area contributed by atoms with Crippen molar-refractivity contribution in [3.05, 3.63) is 0 Å². The lowest BCUT2D eigenvalue weighted by Gasteiger charge is -2.33. The number of piperidine rings is 1. The number of likely N-dealkylation sites (tertiary alicyclic amines) is 1. The zero-order valence-electron chi connectivity index (χ0n) is 9.12. The summed E-state index contributed by atoms with van der Waals surface area (Å²) >= 11 is 0. The van der Waals surface area contributed by atoms with Gasteiger partial charge in [-0.15, -0.1) is 0 Å². The summed E-state index contributed by atoms with van der Waals surface area (Å²) in [4.78, 5) is 24.5. The van der Waals surface area contributed by atoms with Crippen LogP contribution in [-0.2, 0) is 14.3 Å². The highest BCUT2D eigenvalue weighted by Gasteiger charge is 2.35. The van der Waals surface area contributed by atoms with Gasteiger partial charge in [-0.1, -0.05) is 6.92 Å². The number of ether oxygens (including phenoxy) is 1. The van der Waals surface area contributed by atoms with Crippen LogP contribution in [0.1, 0.15) is 26.2 Å². The smallest absolute Gasteiger partial charge is 0.230 e. The third-order valence-electron chi connectivity index (χ3n) is 3.23. The van der Waals surface area contributed by atoms with E-state index in [1.54, 1.807) is 0 Å². The zero-order chi connectivity index (χ0) is 10.9. The third kappa shape index (κ3) is 2.37. The average molecular weight is 211 g/mol. The Labute approximate surface area is 89.6 Å². The Morgan fingerprint density at radius 1 is 1.47 bits per heavy atom. The summed E-state index contributed by atoms with van der Waals surface area (Å²) in [6, 6.07) is 0. The zero-order valence-corrected chi connectivity index (χ0v) is 9.12. The summed E-state index contributed by atoms with van der Waals surface area (Å²) in [7, 11) is 0. The van der Waals surface area contributed by atoms with Crippen LogP contribution in [0, 0.1) is 5.41 Å². The molecule has 0 aliphatic carbocycles. The Morgan fingerprint density at radius 2 is 2.27 bits per heavy atom. The monoisotopic (exact) mass is 211 g/mol. The summed E-state index contributed by atoms with van der Waals surface area (Å²) in [5, 5.41) is 0. The van der Waals surface area contributed by atoms with Crippen molar-refractivity contribution in [2.45, 2.75) is 26.2 Å². The Kier molecular flexibility index (Phi) is 2.78. The van der Waals surface area contributed by atoms with E-state index in [2.05, 4.69) is 6.92 Å². The van der Waals surface area contributed by atoms with Crippen LogP contribution >= 0.6 is 0 Å². The molecule has 0 bridgehead atoms. The van der Waals surface area contributed by atoms with E-state index in [9.17, 15) is 9.59 Å². The fourth-order valence-corrected chi connectivity index (χ4v) is 2.22. The Balaban J connectivity index is 1.94. The van der Waals surface area contributed by atoms with E-state index in [1.807, 2.05) is 4.90 Å². The first-order valence-electron chi connectivity index (χ1n) is 5.46. The maximum absolute atomic E-state index is 11.6. The van der Waals surface area contributed by atoms with Gasteiger partial charge in [0.25, 0.3) is 0 Å². The Hall–Kier alpha value is -0.900. The normalized spacial score (nSPS) is 32.5. The van der Waals surface area contributed by atoms with Crippen LogP contribution in [0.5, 0.6) is 0 Å². The number of nitrogens with zero attached hydrogens (tertiary/aromatic N) is 1. The maximum atomic E-state index is 11.6. The predicted molar refractivity (Wildman–Crippen MR) is 54.4 cm³/mol. The van der Waals surface area contributed by atoms with E-state index in [1.165, 1.54) is 0 Å². The second kappa shape index (κ2) is 3.93. The van der Waals surface area contributed by atoms with Gasteiger partial charge in [-0.2, -0.15) is 0 Å². The van der Waals surface area contributed by atoms with Crippen molar-refractivity contribution in [3.63, 3.8) is 0 Å². The van der Waals surface area contributed by atoms with Crippen LogP contribution in [-0.4, -0.2) is 42.9 Å². The molecule has 0 aromatic heterocycles. The van der Waals surface area contributed by atoms with Crippen LogP contribution in [0.4, 0.5) is 0 Å². The molecule has 2 saturated heterocycles. The number of Topliss-reactive ketones (excluding diaryl/α,β-unsaturated/α-hetero) is 1. The summed E-state index contributed by atoms with van der Waals surface area (Å²) in [6.07, 6.45) is 1.62. The van der Waals surface area contributed by atoms with E-state index in [0.29, 0.717) is 13.0 Å². The molecule has 2 rings (SSSR count). The first-order valence-corrected chi connectivity index (χ1v) is 5.46. The van der Waals surface area contributed by atoms with Crippen LogP contribution < -0.4 is 0 Å². The van der Waals surface area contributed by atoms with Gasteiger partial charge in [0.15, 0.2) is 0 Å². The lowest BCUT2D eigenvalue weighted by atomic mass is 9.88. The number of carbonyl (C=O) groups excluding carboxylic acids is 2. The van der Waals surface area contributed by atoms with Gasteiger partial charge >= 0.3 is 0 Å². The quantitative estimate of drug-likeness (QED) is 0.628. The van der Waals surface area contributed by atoms with Crippen LogP contribution in [0.25, 0.3) is 0 Å². The summed E-state index contributed by atoms with van der Waals surface area (Å²) in [6.45, 7) is 4.98. The van der Waals surface area contributed by atoms with Gasteiger partial charge in [-0.05, 0) is 6.42 Å². The molecule has 1 atom stereocenters. The van der Waals surface area contributed by atoms with Gasteiger partial charge in [-0.3, -0.25) is 9.59 Å². The highest BCUT2D eigenvalue weighted by Crippen LogP contribution is 2.29. The molecule has 1 amide bonds. The molecule has 4 nitrogen and oxygen atoms in total. The Morgan fingerprint density at radius 3 is 2.87 bits per heavy atom. The van der Waals surface area contributed by atoms with E-state index < -0.39 is 0 Å². The van der Waals surface area contributed by atoms with Crippen molar-refractivity contribution in [2.75, 3.05) is 26.3 Å². The SMILES string of the molecule is CC1(CN2CCC(=O)CC2=O)CCOC1. The number of amides is 1. The molecule has 15 heavy (non-hydrogen) atoms. The molecule has 0 N–H and O–H groups in total. The van der Waals surface area contributed by atoms with Gasteiger partial charge in [0, 0.05) is 31.5 Å². The first kappa shape index (κ1) is 10.6. The van der Waals surface area contributed by atoms with Gasteiger partial charge in [0.2, 0.25) is 5.91 Å². The van der Waals surface area contributed by atoms with Crippen molar-refractivity contribution in [1.82, 2.24) is 4.90 Å². The van der Waals surface area contributed by atoms with Gasteiger partial charge in [0.1, 0.15) is 5.78 Å². The number of ketones is 1. The first-order chi connectivity index (χ1) is 7.09. The lowest BCUT2D eigenvalue weighted by Crippen LogP contribution is -2.45. The van der Waals surface area contributed by atoms with Crippen molar-refractivity contribution < 1.29 is 14.3 Å². The van der Waals surface area contributed by atoms with E-state index in [0.717, 1.165) is 26.2 Å². The maximum Gasteiger partial charge on any atom is 0.230 e. The second-order valence-electron chi connectivity index (χ2n) is 4.89. The molecule has 2 aliphatic rings. The van der Waals surface area contributed by atoms with Crippen LogP contribution in [0.3, 0.4) is 0 Å². The highest BCUT2D eigenvalue weighted by molar-refractivity contribution is 6.00. The molecule has 2 aliphatic heterocycles. The highest BCUT2D eigenvalue weighted by atomic mass is 16.5. The fourth-order valence-electron chi connectivity index (χ4n) is 2.22. The van der Waals surface area contributed by atoms with Crippen molar-refractivity contribution in [3.8, 4) is 0 Å². The predicted octanol–water partition coefficient (Wildman–Crippen LogP) is 0.604. The molecular formula is C11H17NO3. The van der Waals surface area contributed by atoms with Crippen LogP contribution in [0.15, 0.2) is 0 Å². The summed E-state index contributed by atoms with van der Waals surface area (Å²) in [5.74, 6) is 0.0588. The van der Waals surface area contributed by atoms with E-state index in [4.69, 9.17) is 4.74 Å². The van der Waals surface area contributed by atoms with Gasteiger partial charge < -0.3 is 9.64 Å². The minimum absolute atomic E-state index is 0.0145. The van der Waals surface area contributed by atoms with Crippen LogP contribution in [0.2, 0.25) is 0 Å². The molecule has 2 heterocycles. The number of carbonyl (C=O) groups is 2. The van der Waals surface area contributed by atoms with E-state index >= 15 is 0 Å². The van der Waals surface area contributed by atoms with Crippen molar-refractivity contribution >= 4 is 11.7 Å². The second-order valence-corrected chi connectivity index (χ2v) is 4.89. The molecule has 0 aromatic rings. The number of hydrogen-bond acceptors (Lipinski definition) is 3. The minimum atomic E-state index is -0.0145. The number of hydrogen-bond donors (Lipinski definition) is 0. The van der Waals surface area contributed by atoms with E-state index in [-0.39, 0.29) is 23.5 Å².